The van der Waals surface area contributed by atoms with Crippen LogP contribution in [0.1, 0.15) is 5.69 Å². The third kappa shape index (κ3) is 2.30. The minimum Gasteiger partial charge on any atom is -0.382 e. The van der Waals surface area contributed by atoms with Gasteiger partial charge in [0, 0.05) is 11.1 Å². The molecule has 5 nitrogen and oxygen atoms in total. The molecule has 3 N–H and O–H groups in total. The van der Waals surface area contributed by atoms with Crippen molar-refractivity contribution in [3.05, 3.63) is 48.2 Å². The van der Waals surface area contributed by atoms with Crippen molar-refractivity contribution in [1.29, 1.82) is 0 Å². The van der Waals surface area contributed by atoms with E-state index in [4.69, 9.17) is 5.73 Å². The Bertz CT molecular complexity index is 721. The fourth-order valence-electron chi connectivity index (χ4n) is 1.96. The SMILES string of the molecule is Cc1cc(Nc2ccc(N)nn2)c2ccccc2n1. The number of pyridine rings is 1. The van der Waals surface area contributed by atoms with Crippen molar-refractivity contribution in [2.45, 2.75) is 6.92 Å². The molecule has 0 aliphatic carbocycles. The monoisotopic (exact) mass is 251 g/mol. The average molecular weight is 251 g/mol. The maximum Gasteiger partial charge on any atom is 0.153 e. The number of hydrogen-bond acceptors (Lipinski definition) is 5. The number of nitrogens with zero attached hydrogens (tertiary/aromatic N) is 3. The number of nitrogen functional groups attached to an aromatic ring is 1. The third-order valence-electron chi connectivity index (χ3n) is 2.79. The summed E-state index contributed by atoms with van der Waals surface area (Å²) in [4.78, 5) is 4.50. The van der Waals surface area contributed by atoms with Gasteiger partial charge in [-0.3, -0.25) is 4.98 Å². The summed E-state index contributed by atoms with van der Waals surface area (Å²) in [5.74, 6) is 1.06. The summed E-state index contributed by atoms with van der Waals surface area (Å²) in [7, 11) is 0. The molecule has 3 rings (SSSR count). The Hall–Kier alpha value is -2.69. The van der Waals surface area contributed by atoms with E-state index in [2.05, 4.69) is 20.5 Å². The van der Waals surface area contributed by atoms with Gasteiger partial charge in [0.25, 0.3) is 0 Å². The Morgan fingerprint density at radius 1 is 1.05 bits per heavy atom. The van der Waals surface area contributed by atoms with Gasteiger partial charge in [-0.2, -0.15) is 0 Å². The minimum atomic E-state index is 0.404. The molecule has 0 saturated carbocycles. The lowest BCUT2D eigenvalue weighted by atomic mass is 10.1. The highest BCUT2D eigenvalue weighted by atomic mass is 15.2. The highest BCUT2D eigenvalue weighted by molar-refractivity contribution is 5.92. The zero-order valence-corrected chi connectivity index (χ0v) is 10.5. The first-order valence-electron chi connectivity index (χ1n) is 5.95. The van der Waals surface area contributed by atoms with Gasteiger partial charge >= 0.3 is 0 Å². The molecule has 0 aliphatic heterocycles. The van der Waals surface area contributed by atoms with Crippen LogP contribution in [0.25, 0.3) is 10.9 Å². The van der Waals surface area contributed by atoms with E-state index < -0.39 is 0 Å². The van der Waals surface area contributed by atoms with Crippen LogP contribution < -0.4 is 11.1 Å². The molecule has 0 radical (unpaired) electrons. The van der Waals surface area contributed by atoms with Crippen molar-refractivity contribution in [2.24, 2.45) is 0 Å². The zero-order chi connectivity index (χ0) is 13.2. The number of para-hydroxylation sites is 1. The second kappa shape index (κ2) is 4.53. The second-order valence-electron chi connectivity index (χ2n) is 4.30. The molecule has 3 aromatic rings. The largest absolute Gasteiger partial charge is 0.382 e. The summed E-state index contributed by atoms with van der Waals surface area (Å²) in [6.07, 6.45) is 0. The molecule has 0 spiro atoms. The van der Waals surface area contributed by atoms with Gasteiger partial charge in [0.15, 0.2) is 5.82 Å². The van der Waals surface area contributed by atoms with Crippen LogP contribution >= 0.6 is 0 Å². The first-order chi connectivity index (χ1) is 9.22. The smallest absolute Gasteiger partial charge is 0.153 e. The van der Waals surface area contributed by atoms with Crippen LogP contribution in [0.4, 0.5) is 17.3 Å². The zero-order valence-electron chi connectivity index (χ0n) is 10.5. The number of rotatable bonds is 2. The average Bonchev–Trinajstić information content (AvgIpc) is 2.41. The second-order valence-corrected chi connectivity index (χ2v) is 4.30. The van der Waals surface area contributed by atoms with E-state index in [0.717, 1.165) is 22.3 Å². The lowest BCUT2D eigenvalue weighted by Gasteiger charge is -2.09. The molecule has 0 fully saturated rings. The number of aryl methyl sites for hydroxylation is 1. The highest BCUT2D eigenvalue weighted by Gasteiger charge is 2.04. The Kier molecular flexibility index (Phi) is 2.72. The van der Waals surface area contributed by atoms with Gasteiger partial charge in [0.2, 0.25) is 0 Å². The third-order valence-corrected chi connectivity index (χ3v) is 2.79. The van der Waals surface area contributed by atoms with E-state index in [1.807, 2.05) is 37.3 Å². The first kappa shape index (κ1) is 11.4. The van der Waals surface area contributed by atoms with Crippen LogP contribution in [-0.2, 0) is 0 Å². The summed E-state index contributed by atoms with van der Waals surface area (Å²) in [6.45, 7) is 1.96. The van der Waals surface area contributed by atoms with Crippen molar-refractivity contribution < 1.29 is 0 Å². The Morgan fingerprint density at radius 3 is 2.68 bits per heavy atom. The number of nitrogens with one attached hydrogen (secondary N) is 1. The molecule has 0 aliphatic rings. The number of nitrogens with two attached hydrogens (primary N) is 1. The normalized spacial score (nSPS) is 10.6. The number of benzene rings is 1. The molecular weight excluding hydrogens is 238 g/mol. The number of aromatic nitrogens is 3. The topological polar surface area (TPSA) is 76.7 Å². The molecule has 5 heteroatoms. The van der Waals surface area contributed by atoms with E-state index in [-0.39, 0.29) is 0 Å². The molecule has 0 saturated heterocycles. The van der Waals surface area contributed by atoms with Gasteiger partial charge in [-0.05, 0) is 31.2 Å². The van der Waals surface area contributed by atoms with Crippen LogP contribution in [0.15, 0.2) is 42.5 Å². The van der Waals surface area contributed by atoms with Crippen LogP contribution in [0, 0.1) is 6.92 Å². The van der Waals surface area contributed by atoms with Crippen LogP contribution in [0.2, 0.25) is 0 Å². The number of hydrogen-bond donors (Lipinski definition) is 2. The summed E-state index contributed by atoms with van der Waals surface area (Å²) in [6, 6.07) is 13.5. The van der Waals surface area contributed by atoms with Crippen molar-refractivity contribution in [3.8, 4) is 0 Å². The fraction of sp³-hybridized carbons (Fsp3) is 0.0714. The Balaban J connectivity index is 2.07. The van der Waals surface area contributed by atoms with Crippen molar-refractivity contribution >= 4 is 28.2 Å². The standard InChI is InChI=1S/C14H13N5/c1-9-8-12(10-4-2-3-5-11(10)16-9)17-14-7-6-13(15)18-19-14/h2-8H,1H3,(H2,15,18)(H,16,17,19). The number of fused-ring (bicyclic) bond motifs is 1. The van der Waals surface area contributed by atoms with Crippen molar-refractivity contribution in [1.82, 2.24) is 15.2 Å². The Labute approximate surface area is 110 Å². The van der Waals surface area contributed by atoms with Gasteiger partial charge in [-0.25, -0.2) is 0 Å². The maximum absolute atomic E-state index is 5.52. The lowest BCUT2D eigenvalue weighted by molar-refractivity contribution is 1.05. The maximum atomic E-state index is 5.52. The van der Waals surface area contributed by atoms with E-state index in [9.17, 15) is 0 Å². The summed E-state index contributed by atoms with van der Waals surface area (Å²) >= 11 is 0. The van der Waals surface area contributed by atoms with E-state index in [1.165, 1.54) is 0 Å². The predicted molar refractivity (Wildman–Crippen MR) is 76.2 cm³/mol. The molecule has 0 atom stereocenters. The number of anilines is 3. The van der Waals surface area contributed by atoms with Gasteiger partial charge in [-0.1, -0.05) is 18.2 Å². The summed E-state index contributed by atoms with van der Waals surface area (Å²) in [5, 5.41) is 12.1. The summed E-state index contributed by atoms with van der Waals surface area (Å²) in [5.41, 5.74) is 8.38. The van der Waals surface area contributed by atoms with E-state index >= 15 is 0 Å². The van der Waals surface area contributed by atoms with Crippen LogP contribution in [-0.4, -0.2) is 15.2 Å². The molecular formula is C14H13N5. The molecule has 0 unspecified atom stereocenters. The molecule has 94 valence electrons. The molecule has 2 aromatic heterocycles. The predicted octanol–water partition coefficient (Wildman–Crippen LogP) is 2.66. The van der Waals surface area contributed by atoms with Gasteiger partial charge < -0.3 is 11.1 Å². The van der Waals surface area contributed by atoms with Gasteiger partial charge in [0.1, 0.15) is 5.82 Å². The molecule has 1 aromatic carbocycles. The van der Waals surface area contributed by atoms with Crippen LogP contribution in [0.3, 0.4) is 0 Å². The van der Waals surface area contributed by atoms with Gasteiger partial charge in [0.05, 0.1) is 11.2 Å². The highest BCUT2D eigenvalue weighted by Crippen LogP contribution is 2.25. The van der Waals surface area contributed by atoms with E-state index in [0.29, 0.717) is 11.6 Å². The minimum absolute atomic E-state index is 0.404. The van der Waals surface area contributed by atoms with Crippen molar-refractivity contribution in [3.63, 3.8) is 0 Å². The van der Waals surface area contributed by atoms with Crippen LogP contribution in [0.5, 0.6) is 0 Å². The molecule has 19 heavy (non-hydrogen) atoms. The Morgan fingerprint density at radius 2 is 1.89 bits per heavy atom. The first-order valence-corrected chi connectivity index (χ1v) is 5.95. The lowest BCUT2D eigenvalue weighted by Crippen LogP contribution is -1.99. The summed E-state index contributed by atoms with van der Waals surface area (Å²) < 4.78 is 0. The van der Waals surface area contributed by atoms with Crippen molar-refractivity contribution in [2.75, 3.05) is 11.1 Å². The van der Waals surface area contributed by atoms with E-state index in [1.54, 1.807) is 12.1 Å². The molecule has 0 bridgehead atoms. The molecule has 2 heterocycles. The fourth-order valence-corrected chi connectivity index (χ4v) is 1.96. The quantitative estimate of drug-likeness (QED) is 0.732. The molecule has 0 amide bonds. The van der Waals surface area contributed by atoms with Gasteiger partial charge in [-0.15, -0.1) is 10.2 Å².